The van der Waals surface area contributed by atoms with Gasteiger partial charge in [0.1, 0.15) is 0 Å². The molecule has 3 atom stereocenters. The molecular weight excluding hydrogens is 264 g/mol. The number of hydrogen-bond donors (Lipinski definition) is 2. The van der Waals surface area contributed by atoms with E-state index >= 15 is 0 Å². The lowest BCUT2D eigenvalue weighted by Gasteiger charge is -2.34. The van der Waals surface area contributed by atoms with Crippen molar-refractivity contribution in [3.8, 4) is 0 Å². The highest BCUT2D eigenvalue weighted by Crippen LogP contribution is 2.25. The fourth-order valence-electron chi connectivity index (χ4n) is 3.22. The monoisotopic (exact) mass is 290 g/mol. The molecule has 0 aromatic rings. The molecule has 1 heterocycles. The summed E-state index contributed by atoms with van der Waals surface area (Å²) < 4.78 is 29.1. The third kappa shape index (κ3) is 4.15. The summed E-state index contributed by atoms with van der Waals surface area (Å²) in [6, 6.07) is 0.0863. The molecule has 3 unspecified atom stereocenters. The molecule has 1 aliphatic heterocycles. The summed E-state index contributed by atoms with van der Waals surface area (Å²) in [6.45, 7) is 3.29. The lowest BCUT2D eigenvalue weighted by molar-refractivity contribution is 0.164. The molecule has 0 bridgehead atoms. The van der Waals surface area contributed by atoms with Crippen molar-refractivity contribution >= 4 is 10.2 Å². The van der Waals surface area contributed by atoms with Crippen LogP contribution in [-0.4, -0.2) is 43.6 Å². The van der Waals surface area contributed by atoms with Crippen molar-refractivity contribution in [2.24, 2.45) is 11.8 Å². The van der Waals surface area contributed by atoms with Crippen LogP contribution in [0, 0.1) is 11.8 Å². The summed E-state index contributed by atoms with van der Waals surface area (Å²) >= 11 is 0. The van der Waals surface area contributed by atoms with Gasteiger partial charge in [0.2, 0.25) is 0 Å². The molecule has 0 radical (unpaired) electrons. The Morgan fingerprint density at radius 2 is 2.05 bits per heavy atom. The van der Waals surface area contributed by atoms with Gasteiger partial charge in [0.25, 0.3) is 10.2 Å². The average molecular weight is 290 g/mol. The van der Waals surface area contributed by atoms with E-state index in [9.17, 15) is 13.5 Å². The van der Waals surface area contributed by atoms with Gasteiger partial charge in [0.05, 0.1) is 0 Å². The van der Waals surface area contributed by atoms with E-state index in [2.05, 4.69) is 11.6 Å². The van der Waals surface area contributed by atoms with Gasteiger partial charge in [0, 0.05) is 25.7 Å². The first kappa shape index (κ1) is 15.2. The number of aliphatic hydroxyl groups is 1. The molecule has 1 saturated carbocycles. The predicted octanol–water partition coefficient (Wildman–Crippen LogP) is 1.10. The number of aliphatic hydroxyl groups excluding tert-OH is 1. The highest BCUT2D eigenvalue weighted by Gasteiger charge is 2.31. The number of nitrogens with one attached hydrogen (secondary N) is 1. The van der Waals surface area contributed by atoms with Crippen LogP contribution in [0.3, 0.4) is 0 Å². The van der Waals surface area contributed by atoms with E-state index in [1.54, 1.807) is 0 Å². The Labute approximate surface area is 116 Å². The highest BCUT2D eigenvalue weighted by atomic mass is 32.2. The first-order chi connectivity index (χ1) is 9.01. The molecule has 2 aliphatic rings. The number of rotatable bonds is 4. The maximum absolute atomic E-state index is 12.4. The van der Waals surface area contributed by atoms with E-state index in [0.29, 0.717) is 19.0 Å². The van der Waals surface area contributed by atoms with E-state index in [1.807, 2.05) is 0 Å². The normalized spacial score (nSPS) is 34.3. The van der Waals surface area contributed by atoms with Gasteiger partial charge < -0.3 is 5.11 Å². The van der Waals surface area contributed by atoms with Gasteiger partial charge in [-0.25, -0.2) is 0 Å². The van der Waals surface area contributed by atoms with Crippen LogP contribution >= 0.6 is 0 Å². The average Bonchev–Trinajstić information content (AvgIpc) is 2.38. The van der Waals surface area contributed by atoms with Gasteiger partial charge >= 0.3 is 0 Å². The second-order valence-corrected chi connectivity index (χ2v) is 7.84. The Morgan fingerprint density at radius 1 is 1.26 bits per heavy atom. The van der Waals surface area contributed by atoms with Crippen molar-refractivity contribution in [1.82, 2.24) is 9.03 Å². The van der Waals surface area contributed by atoms with E-state index in [0.717, 1.165) is 32.1 Å². The zero-order valence-electron chi connectivity index (χ0n) is 11.7. The summed E-state index contributed by atoms with van der Waals surface area (Å²) in [5, 5.41) is 9.19. The number of hydrogen-bond acceptors (Lipinski definition) is 3. The zero-order valence-corrected chi connectivity index (χ0v) is 12.5. The quantitative estimate of drug-likeness (QED) is 0.814. The predicted molar refractivity (Wildman–Crippen MR) is 74.9 cm³/mol. The van der Waals surface area contributed by atoms with Crippen LogP contribution in [0.15, 0.2) is 0 Å². The van der Waals surface area contributed by atoms with Crippen molar-refractivity contribution in [2.45, 2.75) is 51.5 Å². The van der Waals surface area contributed by atoms with Crippen LogP contribution in [0.2, 0.25) is 0 Å². The lowest BCUT2D eigenvalue weighted by Crippen LogP contribution is -2.50. The van der Waals surface area contributed by atoms with Crippen LogP contribution < -0.4 is 4.72 Å². The summed E-state index contributed by atoms with van der Waals surface area (Å²) in [5.41, 5.74) is 0. The Morgan fingerprint density at radius 3 is 2.74 bits per heavy atom. The minimum absolute atomic E-state index is 0.0759. The Bertz CT molecular complexity index is 385. The molecule has 0 spiro atoms. The van der Waals surface area contributed by atoms with Gasteiger partial charge in [-0.1, -0.05) is 19.8 Å². The zero-order chi connectivity index (χ0) is 13.9. The summed E-state index contributed by atoms with van der Waals surface area (Å²) in [7, 11) is -3.38. The largest absolute Gasteiger partial charge is 0.396 e. The molecule has 1 saturated heterocycles. The van der Waals surface area contributed by atoms with E-state index in [1.165, 1.54) is 10.7 Å². The van der Waals surface area contributed by atoms with E-state index < -0.39 is 10.2 Å². The van der Waals surface area contributed by atoms with Crippen molar-refractivity contribution < 1.29 is 13.5 Å². The van der Waals surface area contributed by atoms with Crippen molar-refractivity contribution in [1.29, 1.82) is 0 Å². The standard InChI is InChI=1S/C13H26N2O3S/c1-11-4-2-6-13(8-11)14-19(17,18)15-7-3-5-12(9-15)10-16/h11-14,16H,2-10H2,1H3. The Hall–Kier alpha value is -0.170. The van der Waals surface area contributed by atoms with Crippen molar-refractivity contribution in [3.05, 3.63) is 0 Å². The molecule has 2 rings (SSSR count). The molecule has 0 aromatic heterocycles. The van der Waals surface area contributed by atoms with Crippen LogP contribution in [0.25, 0.3) is 0 Å². The number of nitrogens with zero attached hydrogens (tertiary/aromatic N) is 1. The van der Waals surface area contributed by atoms with Crippen molar-refractivity contribution in [3.63, 3.8) is 0 Å². The molecule has 6 heteroatoms. The molecule has 2 N–H and O–H groups in total. The van der Waals surface area contributed by atoms with Gasteiger partial charge in [-0.15, -0.1) is 0 Å². The molecule has 0 amide bonds. The van der Waals surface area contributed by atoms with Gasteiger partial charge in [-0.2, -0.15) is 17.4 Å². The fraction of sp³-hybridized carbons (Fsp3) is 1.00. The van der Waals surface area contributed by atoms with Crippen LogP contribution in [0.4, 0.5) is 0 Å². The second kappa shape index (κ2) is 6.52. The van der Waals surface area contributed by atoms with Crippen LogP contribution in [0.1, 0.15) is 45.4 Å². The summed E-state index contributed by atoms with van der Waals surface area (Å²) in [6.07, 6.45) is 5.95. The minimum atomic E-state index is -3.38. The molecule has 2 fully saturated rings. The topological polar surface area (TPSA) is 69.6 Å². The van der Waals surface area contributed by atoms with Gasteiger partial charge in [-0.05, 0) is 37.5 Å². The van der Waals surface area contributed by atoms with E-state index in [-0.39, 0.29) is 18.6 Å². The summed E-state index contributed by atoms with van der Waals surface area (Å²) in [4.78, 5) is 0. The molecular formula is C13H26N2O3S. The van der Waals surface area contributed by atoms with Gasteiger partial charge in [0.15, 0.2) is 0 Å². The third-order valence-electron chi connectivity index (χ3n) is 4.33. The first-order valence-electron chi connectivity index (χ1n) is 7.39. The smallest absolute Gasteiger partial charge is 0.279 e. The molecule has 1 aliphatic carbocycles. The first-order valence-corrected chi connectivity index (χ1v) is 8.83. The lowest BCUT2D eigenvalue weighted by atomic mass is 9.88. The maximum atomic E-state index is 12.4. The fourth-order valence-corrected chi connectivity index (χ4v) is 4.78. The third-order valence-corrected chi connectivity index (χ3v) is 5.97. The molecule has 112 valence electrons. The highest BCUT2D eigenvalue weighted by molar-refractivity contribution is 7.87. The van der Waals surface area contributed by atoms with Crippen LogP contribution in [0.5, 0.6) is 0 Å². The summed E-state index contributed by atoms with van der Waals surface area (Å²) in [5.74, 6) is 0.698. The van der Waals surface area contributed by atoms with Gasteiger partial charge in [-0.3, -0.25) is 0 Å². The Kier molecular flexibility index (Phi) is 5.22. The Balaban J connectivity index is 1.93. The minimum Gasteiger partial charge on any atom is -0.396 e. The number of piperidine rings is 1. The maximum Gasteiger partial charge on any atom is 0.279 e. The SMILES string of the molecule is CC1CCCC(NS(=O)(=O)N2CCCC(CO)C2)C1. The van der Waals surface area contributed by atoms with E-state index in [4.69, 9.17) is 0 Å². The molecule has 5 nitrogen and oxygen atoms in total. The second-order valence-electron chi connectivity index (χ2n) is 6.14. The molecule has 19 heavy (non-hydrogen) atoms. The molecule has 0 aromatic carbocycles. The van der Waals surface area contributed by atoms with Crippen LogP contribution in [-0.2, 0) is 10.2 Å². The van der Waals surface area contributed by atoms with Crippen molar-refractivity contribution in [2.75, 3.05) is 19.7 Å².